The second-order valence-corrected chi connectivity index (χ2v) is 7.69. The van der Waals surface area contributed by atoms with Crippen molar-refractivity contribution in [1.29, 1.82) is 5.26 Å². The van der Waals surface area contributed by atoms with E-state index in [-0.39, 0.29) is 18.2 Å². The van der Waals surface area contributed by atoms with Crippen LogP contribution in [0.3, 0.4) is 0 Å². The van der Waals surface area contributed by atoms with E-state index in [4.69, 9.17) is 20.8 Å². The number of para-hydroxylation sites is 1. The lowest BCUT2D eigenvalue weighted by molar-refractivity contribution is -0.116. The third kappa shape index (κ3) is 5.25. The van der Waals surface area contributed by atoms with Crippen LogP contribution in [-0.2, 0) is 4.79 Å². The number of amides is 1. The van der Waals surface area contributed by atoms with E-state index in [9.17, 15) is 10.1 Å². The van der Waals surface area contributed by atoms with Crippen molar-refractivity contribution in [3.05, 3.63) is 95.5 Å². The fraction of sp³-hybridized carbons (Fsp3) is 0.111. The molecule has 0 unspecified atom stereocenters. The fourth-order valence-electron chi connectivity index (χ4n) is 3.46. The number of rotatable bonds is 8. The van der Waals surface area contributed by atoms with Crippen molar-refractivity contribution in [2.45, 2.75) is 12.8 Å². The lowest BCUT2D eigenvalue weighted by Gasteiger charge is -2.07. The third-order valence-electron chi connectivity index (χ3n) is 5.01. The van der Waals surface area contributed by atoms with Gasteiger partial charge in [0, 0.05) is 17.5 Å². The molecule has 1 amide bonds. The van der Waals surface area contributed by atoms with Gasteiger partial charge >= 0.3 is 0 Å². The van der Waals surface area contributed by atoms with Gasteiger partial charge in [0.2, 0.25) is 11.8 Å². The van der Waals surface area contributed by atoms with Crippen molar-refractivity contribution in [3.63, 3.8) is 0 Å². The van der Waals surface area contributed by atoms with Crippen LogP contribution in [0, 0.1) is 11.3 Å². The molecule has 4 rings (SSSR count). The predicted octanol–water partition coefficient (Wildman–Crippen LogP) is 6.94. The van der Waals surface area contributed by atoms with Crippen molar-refractivity contribution in [1.82, 2.24) is 0 Å². The van der Waals surface area contributed by atoms with Crippen molar-refractivity contribution >= 4 is 23.4 Å². The zero-order chi connectivity index (χ0) is 23.0. The molecule has 3 aromatic carbocycles. The van der Waals surface area contributed by atoms with Crippen molar-refractivity contribution in [2.75, 3.05) is 11.9 Å². The van der Waals surface area contributed by atoms with Gasteiger partial charge in [-0.15, -0.1) is 0 Å². The Morgan fingerprint density at radius 1 is 0.939 bits per heavy atom. The number of nitrogens with one attached hydrogen (secondary N) is 1. The molecule has 4 aromatic rings. The molecule has 0 radical (unpaired) electrons. The van der Waals surface area contributed by atoms with Crippen molar-refractivity contribution in [2.24, 2.45) is 0 Å². The molecule has 0 spiro atoms. The minimum absolute atomic E-state index is 0.146. The lowest BCUT2D eigenvalue weighted by atomic mass is 9.98. The zero-order valence-electron chi connectivity index (χ0n) is 17.8. The number of nitrogens with zero attached hydrogens (tertiary/aromatic N) is 1. The summed E-state index contributed by atoms with van der Waals surface area (Å²) in [6.07, 6.45) is 0.689. The summed E-state index contributed by atoms with van der Waals surface area (Å²) in [5.74, 6) is 1.00. The van der Waals surface area contributed by atoms with E-state index in [1.54, 1.807) is 12.1 Å². The molecule has 0 bridgehead atoms. The molecule has 1 aromatic heterocycles. The van der Waals surface area contributed by atoms with Crippen LogP contribution >= 0.6 is 11.6 Å². The Balaban J connectivity index is 1.52. The summed E-state index contributed by atoms with van der Waals surface area (Å²) in [5, 5.41) is 13.2. The second-order valence-electron chi connectivity index (χ2n) is 7.28. The molecule has 0 aliphatic heterocycles. The number of nitriles is 1. The number of carbonyl (C=O) groups is 1. The Bertz CT molecular complexity index is 1280. The molecule has 6 heteroatoms. The maximum atomic E-state index is 12.6. The molecular formula is C27H21ClN2O3. The van der Waals surface area contributed by atoms with Crippen LogP contribution in [0.1, 0.15) is 18.4 Å². The molecule has 5 nitrogen and oxygen atoms in total. The maximum Gasteiger partial charge on any atom is 0.226 e. The van der Waals surface area contributed by atoms with E-state index in [0.717, 1.165) is 11.1 Å². The SMILES string of the molecule is N#Cc1c(NC(=O)CCCOc2ccccc2Cl)oc(-c2ccccc2)c1-c1ccccc1. The second kappa shape index (κ2) is 10.5. The van der Waals surface area contributed by atoms with Gasteiger partial charge in [-0.25, -0.2) is 0 Å². The van der Waals surface area contributed by atoms with Crippen LogP contribution in [0.5, 0.6) is 5.75 Å². The van der Waals surface area contributed by atoms with Crippen molar-refractivity contribution < 1.29 is 13.9 Å². The van der Waals surface area contributed by atoms with Crippen LogP contribution in [0.25, 0.3) is 22.5 Å². The van der Waals surface area contributed by atoms with Crippen LogP contribution < -0.4 is 10.1 Å². The minimum atomic E-state index is -0.262. The first-order valence-electron chi connectivity index (χ1n) is 10.5. The summed E-state index contributed by atoms with van der Waals surface area (Å²) in [7, 11) is 0. The van der Waals surface area contributed by atoms with E-state index in [0.29, 0.717) is 40.7 Å². The number of anilines is 1. The first-order valence-corrected chi connectivity index (χ1v) is 10.9. The molecule has 0 saturated carbocycles. The summed E-state index contributed by atoms with van der Waals surface area (Å²) >= 11 is 6.08. The Hall–Kier alpha value is -4.01. The number of ether oxygens (including phenoxy) is 1. The smallest absolute Gasteiger partial charge is 0.226 e. The van der Waals surface area contributed by atoms with E-state index in [1.807, 2.05) is 72.8 Å². The van der Waals surface area contributed by atoms with E-state index in [1.165, 1.54) is 0 Å². The highest BCUT2D eigenvalue weighted by atomic mass is 35.5. The summed E-state index contributed by atoms with van der Waals surface area (Å²) in [5.41, 5.74) is 2.61. The topological polar surface area (TPSA) is 75.3 Å². The van der Waals surface area contributed by atoms with Gasteiger partial charge < -0.3 is 9.15 Å². The van der Waals surface area contributed by atoms with Crippen LogP contribution in [0.2, 0.25) is 5.02 Å². The van der Waals surface area contributed by atoms with Gasteiger partial charge in [-0.1, -0.05) is 84.4 Å². The van der Waals surface area contributed by atoms with E-state index >= 15 is 0 Å². The number of hydrogen-bond donors (Lipinski definition) is 1. The van der Waals surface area contributed by atoms with Gasteiger partial charge in [0.1, 0.15) is 23.1 Å². The fourth-order valence-corrected chi connectivity index (χ4v) is 3.65. The molecule has 1 heterocycles. The molecule has 0 aliphatic rings. The molecule has 0 fully saturated rings. The molecule has 33 heavy (non-hydrogen) atoms. The predicted molar refractivity (Wildman–Crippen MR) is 129 cm³/mol. The number of halogens is 1. The Labute approximate surface area is 197 Å². The molecule has 1 N–H and O–H groups in total. The summed E-state index contributed by atoms with van der Waals surface area (Å²) in [6.45, 7) is 0.338. The average molecular weight is 457 g/mol. The first-order chi connectivity index (χ1) is 16.2. The molecule has 164 valence electrons. The van der Waals surface area contributed by atoms with E-state index in [2.05, 4.69) is 11.4 Å². The number of furan rings is 1. The summed E-state index contributed by atoms with van der Waals surface area (Å²) < 4.78 is 11.7. The van der Waals surface area contributed by atoms with Crippen LogP contribution in [0.15, 0.2) is 89.3 Å². The van der Waals surface area contributed by atoms with Crippen LogP contribution in [0.4, 0.5) is 5.88 Å². The van der Waals surface area contributed by atoms with E-state index < -0.39 is 0 Å². The van der Waals surface area contributed by atoms with Gasteiger partial charge in [0.15, 0.2) is 0 Å². The summed E-state index contributed by atoms with van der Waals surface area (Å²) in [6, 6.07) is 28.4. The Morgan fingerprint density at radius 3 is 2.24 bits per heavy atom. The van der Waals surface area contributed by atoms with Gasteiger partial charge in [0.05, 0.1) is 11.6 Å². The Morgan fingerprint density at radius 2 is 1.58 bits per heavy atom. The first kappa shape index (κ1) is 22.2. The highest BCUT2D eigenvalue weighted by molar-refractivity contribution is 6.32. The summed E-state index contributed by atoms with van der Waals surface area (Å²) in [4.78, 5) is 12.6. The molecule has 0 saturated heterocycles. The molecular weight excluding hydrogens is 436 g/mol. The maximum absolute atomic E-state index is 12.6. The monoisotopic (exact) mass is 456 g/mol. The van der Waals surface area contributed by atoms with Crippen molar-refractivity contribution in [3.8, 4) is 34.3 Å². The largest absolute Gasteiger partial charge is 0.492 e. The lowest BCUT2D eigenvalue weighted by Crippen LogP contribution is -2.13. The standard InChI is InChI=1S/C27H21ClN2O3/c28-22-14-7-8-15-23(22)32-17-9-16-24(31)30-27-21(18-29)25(19-10-3-1-4-11-19)26(33-27)20-12-5-2-6-13-20/h1-8,10-15H,9,16-17H2,(H,30,31). The number of hydrogen-bond acceptors (Lipinski definition) is 4. The number of benzene rings is 3. The highest BCUT2D eigenvalue weighted by Crippen LogP contribution is 2.41. The molecule has 0 atom stereocenters. The third-order valence-corrected chi connectivity index (χ3v) is 5.33. The highest BCUT2D eigenvalue weighted by Gasteiger charge is 2.24. The normalized spacial score (nSPS) is 10.4. The van der Waals surface area contributed by atoms with Gasteiger partial charge in [-0.3, -0.25) is 10.1 Å². The Kier molecular flexibility index (Phi) is 7.09. The van der Waals surface area contributed by atoms with Gasteiger partial charge in [0.25, 0.3) is 0 Å². The van der Waals surface area contributed by atoms with Gasteiger partial charge in [-0.2, -0.15) is 5.26 Å². The van der Waals surface area contributed by atoms with Crippen LogP contribution in [-0.4, -0.2) is 12.5 Å². The minimum Gasteiger partial charge on any atom is -0.492 e. The molecule has 0 aliphatic carbocycles. The number of carbonyl (C=O) groups excluding carboxylic acids is 1. The van der Waals surface area contributed by atoms with Gasteiger partial charge in [-0.05, 0) is 24.1 Å². The quantitative estimate of drug-likeness (QED) is 0.291. The zero-order valence-corrected chi connectivity index (χ0v) is 18.5. The average Bonchev–Trinajstić information content (AvgIpc) is 3.22.